The third-order valence-corrected chi connectivity index (χ3v) is 2.72. The van der Waals surface area contributed by atoms with Crippen molar-refractivity contribution in [2.75, 3.05) is 0 Å². The largest absolute Gasteiger partial charge is 0.420 e. The molecule has 0 aromatic heterocycles. The molecule has 0 rings (SSSR count). The van der Waals surface area contributed by atoms with Crippen LogP contribution in [0.5, 0.6) is 0 Å². The number of aldehydes is 1. The van der Waals surface area contributed by atoms with Gasteiger partial charge >= 0.3 is 6.09 Å². The van der Waals surface area contributed by atoms with Crippen molar-refractivity contribution >= 4 is 93.8 Å². The van der Waals surface area contributed by atoms with E-state index >= 15 is 0 Å². The number of hydrogen-bond donors (Lipinski definition) is 2. The molecule has 0 aliphatic rings. The van der Waals surface area contributed by atoms with Crippen molar-refractivity contribution in [2.45, 2.75) is 14.5 Å². The summed E-state index contributed by atoms with van der Waals surface area (Å²) in [7, 11) is 0. The maximum absolute atomic E-state index is 11.5. The Morgan fingerprint density at radius 1 is 0.909 bits per heavy atom. The van der Waals surface area contributed by atoms with E-state index < -0.39 is 31.4 Å². The van der Waals surface area contributed by atoms with Crippen molar-refractivity contribution in [2.24, 2.45) is 0 Å². The Morgan fingerprint density at radius 3 is 1.68 bits per heavy atom. The zero-order valence-electron chi connectivity index (χ0n) is 10.4. The lowest BCUT2D eigenvalue weighted by Gasteiger charge is -2.16. The highest BCUT2D eigenvalue weighted by molar-refractivity contribution is 6.76. The topological polar surface area (TPSA) is 102 Å². The first kappa shape index (κ1) is 21.6. The van der Waals surface area contributed by atoms with Gasteiger partial charge in [-0.25, -0.2) is 4.79 Å². The summed E-state index contributed by atoms with van der Waals surface area (Å²) in [6, 6.07) is 0. The molecule has 0 heterocycles. The highest BCUT2D eigenvalue weighted by Gasteiger charge is 2.34. The molecule has 0 unspecified atom stereocenters. The predicted molar refractivity (Wildman–Crippen MR) is 82.1 cm³/mol. The monoisotopic (exact) mass is 432 g/mol. The van der Waals surface area contributed by atoms with E-state index in [2.05, 4.69) is 4.74 Å². The average molecular weight is 435 g/mol. The van der Waals surface area contributed by atoms with Gasteiger partial charge in [0.2, 0.25) is 5.88 Å². The van der Waals surface area contributed by atoms with Crippen LogP contribution in [-0.2, 0) is 19.1 Å². The van der Waals surface area contributed by atoms with Gasteiger partial charge in [0.15, 0.2) is 6.29 Å². The summed E-state index contributed by atoms with van der Waals surface area (Å²) in [5.41, 5.74) is -0.251. The molecule has 0 aliphatic heterocycles. The molecule has 2 N–H and O–H groups in total. The van der Waals surface area contributed by atoms with Gasteiger partial charge in [0, 0.05) is 5.57 Å². The predicted octanol–water partition coefficient (Wildman–Crippen LogP) is 2.53. The molecule has 13 heteroatoms. The molecule has 22 heavy (non-hydrogen) atoms. The zero-order chi connectivity index (χ0) is 17.7. The smallest absolute Gasteiger partial charge is 0.393 e. The molecule has 0 aliphatic carbocycles. The minimum Gasteiger partial charge on any atom is -0.393 e. The second-order valence-corrected chi connectivity index (χ2v) is 7.99. The molecule has 0 saturated heterocycles. The number of imide groups is 1. The highest BCUT2D eigenvalue weighted by atomic mass is 35.6. The van der Waals surface area contributed by atoms with E-state index in [0.717, 1.165) is 0 Å². The fourth-order valence-electron chi connectivity index (χ4n) is 0.714. The van der Waals surface area contributed by atoms with Gasteiger partial charge in [-0.2, -0.15) is 0 Å². The minimum atomic E-state index is -2.43. The van der Waals surface area contributed by atoms with E-state index in [1.54, 1.807) is 5.32 Å². The lowest BCUT2D eigenvalue weighted by Crippen LogP contribution is -2.41. The Bertz CT molecular complexity index is 522. The second-order valence-electron chi connectivity index (χ2n) is 3.42. The summed E-state index contributed by atoms with van der Waals surface area (Å²) >= 11 is 31.6. The van der Waals surface area contributed by atoms with Gasteiger partial charge in [0.1, 0.15) is 0 Å². The van der Waals surface area contributed by atoms with Crippen LogP contribution >= 0.6 is 69.6 Å². The van der Waals surface area contributed by atoms with Crippen LogP contribution in [0.1, 0.15) is 6.92 Å². The molecule has 3 amide bonds. The first-order chi connectivity index (χ1) is 9.78. The Balaban J connectivity index is 5.06. The van der Waals surface area contributed by atoms with Crippen LogP contribution in [0.25, 0.3) is 0 Å². The Labute approximate surface area is 154 Å². The first-order valence-corrected chi connectivity index (χ1v) is 7.20. The van der Waals surface area contributed by atoms with Crippen LogP contribution in [0.15, 0.2) is 11.5 Å². The van der Waals surface area contributed by atoms with Crippen LogP contribution in [0.2, 0.25) is 0 Å². The second kappa shape index (κ2) is 8.42. The number of rotatable bonds is 3. The number of alkyl carbamates (subject to hydrolysis) is 1. The molecule has 0 aromatic carbocycles. The van der Waals surface area contributed by atoms with Gasteiger partial charge < -0.3 is 4.74 Å². The molecular formula is C9H6Cl6N2O5. The molecule has 7 nitrogen and oxygen atoms in total. The molecular weight excluding hydrogens is 429 g/mol. The van der Waals surface area contributed by atoms with Crippen molar-refractivity contribution < 1.29 is 23.9 Å². The molecule has 0 atom stereocenters. The van der Waals surface area contributed by atoms with Crippen LogP contribution in [-0.4, -0.2) is 31.8 Å². The van der Waals surface area contributed by atoms with Crippen molar-refractivity contribution in [1.29, 1.82) is 0 Å². The number of carbonyl (C=O) groups is 4. The third-order valence-electron chi connectivity index (χ3n) is 1.69. The number of ether oxygens (including phenoxy) is 1. The maximum atomic E-state index is 11.5. The van der Waals surface area contributed by atoms with E-state index in [1.807, 2.05) is 5.32 Å². The molecule has 124 valence electrons. The normalized spacial score (nSPS) is 12.9. The SMILES string of the molecule is C/C(C=O)=C(/NC(=O)C(Cl)(Cl)Cl)OC(=O)NC(=O)C(Cl)(Cl)Cl. The fourth-order valence-corrected chi connectivity index (χ4v) is 0.997. The van der Waals surface area contributed by atoms with Gasteiger partial charge in [-0.1, -0.05) is 69.6 Å². The summed E-state index contributed by atoms with van der Waals surface area (Å²) in [6.45, 7) is 1.17. The molecule has 0 aromatic rings. The number of alkyl halides is 6. The first-order valence-electron chi connectivity index (χ1n) is 4.93. The van der Waals surface area contributed by atoms with Gasteiger partial charge in [-0.05, 0) is 6.92 Å². The molecule has 0 radical (unpaired) electrons. The number of hydrogen-bond acceptors (Lipinski definition) is 5. The van der Waals surface area contributed by atoms with Crippen molar-refractivity contribution in [1.82, 2.24) is 10.6 Å². The number of halogens is 6. The van der Waals surface area contributed by atoms with Crippen LogP contribution in [0.4, 0.5) is 4.79 Å². The van der Waals surface area contributed by atoms with Gasteiger partial charge in [0.25, 0.3) is 19.4 Å². The summed E-state index contributed by atoms with van der Waals surface area (Å²) in [5.74, 6) is -3.21. The van der Waals surface area contributed by atoms with E-state index in [9.17, 15) is 19.2 Å². The van der Waals surface area contributed by atoms with Gasteiger partial charge in [0.05, 0.1) is 0 Å². The Hall–Kier alpha value is -0.440. The summed E-state index contributed by atoms with van der Waals surface area (Å²) in [6.07, 6.45) is -1.21. The Morgan fingerprint density at radius 2 is 1.32 bits per heavy atom. The lowest BCUT2D eigenvalue weighted by molar-refractivity contribution is -0.120. The summed E-state index contributed by atoms with van der Waals surface area (Å²) in [5, 5.41) is 3.42. The van der Waals surface area contributed by atoms with E-state index in [4.69, 9.17) is 69.6 Å². The highest BCUT2D eigenvalue weighted by Crippen LogP contribution is 2.27. The van der Waals surface area contributed by atoms with Gasteiger partial charge in [-0.15, -0.1) is 0 Å². The Kier molecular flexibility index (Phi) is 8.25. The molecule has 0 spiro atoms. The third kappa shape index (κ3) is 7.71. The lowest BCUT2D eigenvalue weighted by atomic mass is 10.3. The maximum Gasteiger partial charge on any atom is 0.420 e. The van der Waals surface area contributed by atoms with E-state index in [1.165, 1.54) is 6.92 Å². The standard InChI is InChI=1S/C9H6Cl6N2O5/c1-3(2-18)4(16-5(19)8(10,11)12)22-7(21)17-6(20)9(13,14)15/h2H,1H3,(H,16,19)(H,17,20,21)/b4-3+. The van der Waals surface area contributed by atoms with E-state index in [-0.39, 0.29) is 11.9 Å². The minimum absolute atomic E-state index is 0.234. The zero-order valence-corrected chi connectivity index (χ0v) is 14.9. The quantitative estimate of drug-likeness (QED) is 0.307. The molecule has 0 bridgehead atoms. The summed E-state index contributed by atoms with van der Waals surface area (Å²) in [4.78, 5) is 44.8. The number of nitrogens with one attached hydrogen (secondary N) is 2. The van der Waals surface area contributed by atoms with Crippen LogP contribution in [0, 0.1) is 0 Å². The molecule has 0 saturated carbocycles. The summed E-state index contributed by atoms with van der Waals surface area (Å²) < 4.78 is -0.286. The average Bonchev–Trinajstić information content (AvgIpc) is 2.34. The fraction of sp³-hybridized carbons (Fsp3) is 0.333. The number of carbonyl (C=O) groups excluding carboxylic acids is 4. The molecule has 0 fully saturated rings. The van der Waals surface area contributed by atoms with Crippen LogP contribution in [0.3, 0.4) is 0 Å². The number of allylic oxidation sites excluding steroid dienone is 1. The van der Waals surface area contributed by atoms with Gasteiger partial charge in [-0.3, -0.25) is 25.0 Å². The number of amides is 3. The van der Waals surface area contributed by atoms with Crippen LogP contribution < -0.4 is 10.6 Å². The van der Waals surface area contributed by atoms with Crippen molar-refractivity contribution in [3.8, 4) is 0 Å². The van der Waals surface area contributed by atoms with Crippen molar-refractivity contribution in [3.05, 3.63) is 11.5 Å². The van der Waals surface area contributed by atoms with Crippen molar-refractivity contribution in [3.63, 3.8) is 0 Å². The van der Waals surface area contributed by atoms with E-state index in [0.29, 0.717) is 0 Å².